The van der Waals surface area contributed by atoms with Crippen LogP contribution in [0.5, 0.6) is 11.5 Å². The Hall–Kier alpha value is -1.77. The van der Waals surface area contributed by atoms with E-state index in [1.54, 1.807) is 7.11 Å². The molecule has 1 unspecified atom stereocenters. The number of ether oxygens (including phenoxy) is 2. The highest BCUT2D eigenvalue weighted by molar-refractivity contribution is 5.82. The maximum absolute atomic E-state index is 11.6. The zero-order valence-electron chi connectivity index (χ0n) is 12.2. The highest BCUT2D eigenvalue weighted by Crippen LogP contribution is 2.30. The zero-order valence-corrected chi connectivity index (χ0v) is 12.2. The molecule has 0 aromatic heterocycles. The topological polar surface area (TPSA) is 35.5 Å². The fraction of sp³-hybridized carbons (Fsp3) is 0.471. The minimum Gasteiger partial charge on any atom is -0.493 e. The fourth-order valence-electron chi connectivity index (χ4n) is 2.60. The van der Waals surface area contributed by atoms with Crippen molar-refractivity contribution in [1.82, 2.24) is 0 Å². The molecule has 0 spiro atoms. The van der Waals surface area contributed by atoms with Gasteiger partial charge < -0.3 is 9.47 Å². The average Bonchev–Trinajstić information content (AvgIpc) is 2.86. The third-order valence-electron chi connectivity index (χ3n) is 3.70. The average molecular weight is 274 g/mol. The van der Waals surface area contributed by atoms with Crippen molar-refractivity contribution in [2.45, 2.75) is 32.6 Å². The van der Waals surface area contributed by atoms with Crippen LogP contribution in [0.15, 0.2) is 24.3 Å². The second kappa shape index (κ2) is 7.13. The van der Waals surface area contributed by atoms with E-state index in [0.717, 1.165) is 42.7 Å². The van der Waals surface area contributed by atoms with Crippen LogP contribution >= 0.6 is 0 Å². The first kappa shape index (κ1) is 14.6. The van der Waals surface area contributed by atoms with Crippen LogP contribution in [-0.2, 0) is 4.79 Å². The minimum atomic E-state index is 0.197. The Labute approximate surface area is 120 Å². The fourth-order valence-corrected chi connectivity index (χ4v) is 2.60. The molecule has 1 saturated carbocycles. The Morgan fingerprint density at radius 3 is 2.85 bits per heavy atom. The summed E-state index contributed by atoms with van der Waals surface area (Å²) in [7, 11) is 1.64. The third kappa shape index (κ3) is 3.62. The quantitative estimate of drug-likeness (QED) is 0.790. The Kier molecular flexibility index (Phi) is 5.22. The van der Waals surface area contributed by atoms with Gasteiger partial charge in [0.1, 0.15) is 5.78 Å². The lowest BCUT2D eigenvalue weighted by Gasteiger charge is -2.13. The predicted molar refractivity (Wildman–Crippen MR) is 80.2 cm³/mol. The number of ketones is 1. The number of rotatable bonds is 6. The van der Waals surface area contributed by atoms with Gasteiger partial charge in [0.25, 0.3) is 0 Å². The van der Waals surface area contributed by atoms with E-state index < -0.39 is 0 Å². The van der Waals surface area contributed by atoms with Gasteiger partial charge in [-0.05, 0) is 43.9 Å². The van der Waals surface area contributed by atoms with E-state index in [1.165, 1.54) is 0 Å². The van der Waals surface area contributed by atoms with E-state index in [2.05, 4.69) is 0 Å². The van der Waals surface area contributed by atoms with Gasteiger partial charge in [0, 0.05) is 12.3 Å². The van der Waals surface area contributed by atoms with E-state index in [9.17, 15) is 4.79 Å². The van der Waals surface area contributed by atoms with Gasteiger partial charge in [0.05, 0.1) is 13.7 Å². The first-order chi connectivity index (χ1) is 9.74. The smallest absolute Gasteiger partial charge is 0.161 e. The summed E-state index contributed by atoms with van der Waals surface area (Å²) >= 11 is 0. The third-order valence-corrected chi connectivity index (χ3v) is 3.70. The van der Waals surface area contributed by atoms with Crippen LogP contribution in [0.2, 0.25) is 0 Å². The van der Waals surface area contributed by atoms with Crippen molar-refractivity contribution in [3.63, 3.8) is 0 Å². The van der Waals surface area contributed by atoms with Crippen molar-refractivity contribution in [3.05, 3.63) is 29.8 Å². The van der Waals surface area contributed by atoms with Crippen LogP contribution < -0.4 is 9.47 Å². The summed E-state index contributed by atoms with van der Waals surface area (Å²) in [5, 5.41) is 0. The summed E-state index contributed by atoms with van der Waals surface area (Å²) in [5.41, 5.74) is 1.09. The first-order valence-electron chi connectivity index (χ1n) is 7.21. The molecule has 0 saturated heterocycles. The lowest BCUT2D eigenvalue weighted by molar-refractivity contribution is -0.121. The van der Waals surface area contributed by atoms with Gasteiger partial charge in [-0.1, -0.05) is 18.2 Å². The van der Waals surface area contributed by atoms with Gasteiger partial charge in [-0.2, -0.15) is 0 Å². The van der Waals surface area contributed by atoms with Gasteiger partial charge in [0.2, 0.25) is 0 Å². The molecule has 0 bridgehead atoms. The van der Waals surface area contributed by atoms with E-state index in [4.69, 9.17) is 9.47 Å². The molecular weight excluding hydrogens is 252 g/mol. The number of hydrogen-bond donors (Lipinski definition) is 0. The predicted octanol–water partition coefficient (Wildman–Crippen LogP) is 3.87. The molecule has 0 aliphatic heterocycles. The van der Waals surface area contributed by atoms with E-state index >= 15 is 0 Å². The molecule has 0 N–H and O–H groups in total. The maximum atomic E-state index is 11.6. The zero-order chi connectivity index (χ0) is 14.4. The van der Waals surface area contributed by atoms with Crippen molar-refractivity contribution < 1.29 is 14.3 Å². The molecule has 0 amide bonds. The minimum absolute atomic E-state index is 0.197. The van der Waals surface area contributed by atoms with Crippen LogP contribution in [0.25, 0.3) is 6.08 Å². The summed E-state index contributed by atoms with van der Waals surface area (Å²) in [4.78, 5) is 11.6. The highest BCUT2D eigenvalue weighted by atomic mass is 16.5. The Bertz CT molecular complexity index is 491. The summed E-state index contributed by atoms with van der Waals surface area (Å²) in [6, 6.07) is 5.87. The summed E-state index contributed by atoms with van der Waals surface area (Å²) in [5.74, 6) is 2.07. The standard InChI is InChI=1S/C17H22O3/c1-3-5-13-8-9-16(17(12-13)19-2)20-11-10-14-6-4-7-15(14)18/h3,5,8-9,12,14H,4,6-7,10-11H2,1-2H3. The number of carbonyl (C=O) groups excluding carboxylic acids is 1. The molecule has 1 aromatic carbocycles. The van der Waals surface area contributed by atoms with E-state index in [0.29, 0.717) is 12.4 Å². The Morgan fingerprint density at radius 1 is 1.35 bits per heavy atom. The molecule has 1 fully saturated rings. The number of carbonyl (C=O) groups is 1. The molecule has 3 heteroatoms. The normalized spacial score (nSPS) is 18.7. The van der Waals surface area contributed by atoms with Gasteiger partial charge in [-0.15, -0.1) is 0 Å². The lowest BCUT2D eigenvalue weighted by Crippen LogP contribution is -2.11. The molecule has 1 atom stereocenters. The first-order valence-corrected chi connectivity index (χ1v) is 7.21. The molecule has 1 aromatic rings. The molecule has 3 nitrogen and oxygen atoms in total. The molecule has 2 rings (SSSR count). The Morgan fingerprint density at radius 2 is 2.20 bits per heavy atom. The van der Waals surface area contributed by atoms with Crippen LogP contribution in [-0.4, -0.2) is 19.5 Å². The Balaban J connectivity index is 1.93. The van der Waals surface area contributed by atoms with Crippen LogP contribution in [0, 0.1) is 5.92 Å². The number of Topliss-reactive ketones (excluding diaryl/α,β-unsaturated/α-hetero) is 1. The SMILES string of the molecule is CC=Cc1ccc(OCCC2CCCC2=O)c(OC)c1. The van der Waals surface area contributed by atoms with Gasteiger partial charge in [-0.3, -0.25) is 4.79 Å². The molecular formula is C17H22O3. The van der Waals surface area contributed by atoms with Crippen molar-refractivity contribution in [1.29, 1.82) is 0 Å². The number of methoxy groups -OCH3 is 1. The van der Waals surface area contributed by atoms with Crippen molar-refractivity contribution in [3.8, 4) is 11.5 Å². The molecule has 20 heavy (non-hydrogen) atoms. The highest BCUT2D eigenvalue weighted by Gasteiger charge is 2.24. The van der Waals surface area contributed by atoms with E-state index in [-0.39, 0.29) is 5.92 Å². The summed E-state index contributed by atoms with van der Waals surface area (Å²) in [6.07, 6.45) is 7.60. The molecule has 108 valence electrons. The van der Waals surface area contributed by atoms with Crippen LogP contribution in [0.3, 0.4) is 0 Å². The number of hydrogen-bond acceptors (Lipinski definition) is 3. The largest absolute Gasteiger partial charge is 0.493 e. The maximum Gasteiger partial charge on any atom is 0.161 e. The molecule has 1 aliphatic rings. The second-order valence-electron chi connectivity index (χ2n) is 5.10. The molecule has 0 radical (unpaired) electrons. The summed E-state index contributed by atoms with van der Waals surface area (Å²) < 4.78 is 11.1. The van der Waals surface area contributed by atoms with Crippen LogP contribution in [0.4, 0.5) is 0 Å². The second-order valence-corrected chi connectivity index (χ2v) is 5.10. The van der Waals surface area contributed by atoms with Crippen molar-refractivity contribution >= 4 is 11.9 Å². The number of allylic oxidation sites excluding steroid dienone is 1. The van der Waals surface area contributed by atoms with Gasteiger partial charge in [0.15, 0.2) is 11.5 Å². The van der Waals surface area contributed by atoms with Gasteiger partial charge >= 0.3 is 0 Å². The summed E-state index contributed by atoms with van der Waals surface area (Å²) in [6.45, 7) is 2.55. The molecule has 0 heterocycles. The van der Waals surface area contributed by atoms with E-state index in [1.807, 2.05) is 37.3 Å². The lowest BCUT2D eigenvalue weighted by atomic mass is 10.0. The van der Waals surface area contributed by atoms with Gasteiger partial charge in [-0.25, -0.2) is 0 Å². The van der Waals surface area contributed by atoms with Crippen LogP contribution in [0.1, 0.15) is 38.2 Å². The van der Waals surface area contributed by atoms with Crippen molar-refractivity contribution in [2.24, 2.45) is 5.92 Å². The monoisotopic (exact) mass is 274 g/mol. The van der Waals surface area contributed by atoms with Crippen molar-refractivity contribution in [2.75, 3.05) is 13.7 Å². The number of benzene rings is 1. The molecule has 1 aliphatic carbocycles.